The molecule has 0 aliphatic rings. The molecule has 126 valence electrons. The van der Waals surface area contributed by atoms with Crippen molar-refractivity contribution in [1.82, 2.24) is 14.3 Å². The normalized spacial score (nSPS) is 11.5. The first kappa shape index (κ1) is 16.5. The number of anilines is 1. The van der Waals surface area contributed by atoms with Gasteiger partial charge in [0.2, 0.25) is 0 Å². The first-order chi connectivity index (χ1) is 11.6. The van der Waals surface area contributed by atoms with Crippen molar-refractivity contribution in [3.63, 3.8) is 0 Å². The maximum atomic E-state index is 5.84. The van der Waals surface area contributed by atoms with Crippen molar-refractivity contribution in [3.05, 3.63) is 53.9 Å². The molecule has 24 heavy (non-hydrogen) atoms. The number of nitrogens with two attached hydrogens (primary N) is 1. The highest BCUT2D eigenvalue weighted by molar-refractivity contribution is 5.68. The van der Waals surface area contributed by atoms with Gasteiger partial charge in [-0.05, 0) is 50.7 Å². The molecular weight excluding hydrogens is 296 g/mol. The van der Waals surface area contributed by atoms with Gasteiger partial charge in [-0.25, -0.2) is 4.98 Å². The standard InChI is InChI=1S/C20H26N4/c1-4-5-12-23(3)14-18-20(16-7-9-17(21)10-8-16)22-19-11-6-15(2)13-24(18)19/h6-11,13H,4-5,12,14,21H2,1-3H3. The van der Waals surface area contributed by atoms with Gasteiger partial charge in [0.05, 0.1) is 11.4 Å². The predicted octanol–water partition coefficient (Wildman–Crippen LogP) is 4.12. The number of hydrogen-bond acceptors (Lipinski definition) is 3. The van der Waals surface area contributed by atoms with Crippen molar-refractivity contribution in [2.45, 2.75) is 33.2 Å². The number of hydrogen-bond donors (Lipinski definition) is 1. The number of unbranched alkanes of at least 4 members (excludes halogenated alkanes) is 1. The van der Waals surface area contributed by atoms with Gasteiger partial charge in [-0.1, -0.05) is 31.5 Å². The van der Waals surface area contributed by atoms with Crippen LogP contribution in [0.2, 0.25) is 0 Å². The van der Waals surface area contributed by atoms with Gasteiger partial charge < -0.3 is 15.0 Å². The average Bonchev–Trinajstić information content (AvgIpc) is 2.91. The summed E-state index contributed by atoms with van der Waals surface area (Å²) in [4.78, 5) is 7.25. The monoisotopic (exact) mass is 322 g/mol. The molecule has 0 aliphatic carbocycles. The third kappa shape index (κ3) is 3.44. The van der Waals surface area contributed by atoms with Crippen molar-refractivity contribution < 1.29 is 0 Å². The summed E-state index contributed by atoms with van der Waals surface area (Å²) in [7, 11) is 2.18. The number of rotatable bonds is 6. The molecule has 2 heterocycles. The molecular formula is C20H26N4. The minimum absolute atomic E-state index is 0.778. The fraction of sp³-hybridized carbons (Fsp3) is 0.350. The highest BCUT2D eigenvalue weighted by Gasteiger charge is 2.15. The van der Waals surface area contributed by atoms with E-state index in [1.165, 1.54) is 24.1 Å². The molecule has 4 heteroatoms. The molecule has 0 saturated carbocycles. The SMILES string of the molecule is CCCCN(C)Cc1c(-c2ccc(N)cc2)nc2ccc(C)cn12. The van der Waals surface area contributed by atoms with E-state index in [0.29, 0.717) is 0 Å². The number of pyridine rings is 1. The topological polar surface area (TPSA) is 46.6 Å². The molecule has 0 saturated heterocycles. The van der Waals surface area contributed by atoms with Crippen LogP contribution in [-0.4, -0.2) is 27.9 Å². The molecule has 3 aromatic rings. The highest BCUT2D eigenvalue weighted by atomic mass is 15.1. The average molecular weight is 322 g/mol. The smallest absolute Gasteiger partial charge is 0.137 e. The lowest BCUT2D eigenvalue weighted by molar-refractivity contribution is 0.316. The second-order valence-corrected chi connectivity index (χ2v) is 6.56. The lowest BCUT2D eigenvalue weighted by Gasteiger charge is -2.17. The Morgan fingerprint density at radius 2 is 1.88 bits per heavy atom. The van der Waals surface area contributed by atoms with Gasteiger partial charge in [-0.3, -0.25) is 0 Å². The van der Waals surface area contributed by atoms with E-state index in [1.54, 1.807) is 0 Å². The van der Waals surface area contributed by atoms with Gasteiger partial charge in [-0.15, -0.1) is 0 Å². The quantitative estimate of drug-likeness (QED) is 0.694. The fourth-order valence-corrected chi connectivity index (χ4v) is 2.99. The number of aryl methyl sites for hydroxylation is 1. The van der Waals surface area contributed by atoms with Gasteiger partial charge in [-0.2, -0.15) is 0 Å². The summed E-state index contributed by atoms with van der Waals surface area (Å²) in [5.41, 5.74) is 12.2. The Balaban J connectivity index is 2.06. The van der Waals surface area contributed by atoms with E-state index >= 15 is 0 Å². The molecule has 3 rings (SSSR count). The molecule has 1 aromatic carbocycles. The summed E-state index contributed by atoms with van der Waals surface area (Å²) in [5, 5.41) is 0. The molecule has 2 N–H and O–H groups in total. The highest BCUT2D eigenvalue weighted by Crippen LogP contribution is 2.26. The van der Waals surface area contributed by atoms with E-state index in [-0.39, 0.29) is 0 Å². The Morgan fingerprint density at radius 3 is 2.58 bits per heavy atom. The lowest BCUT2D eigenvalue weighted by Crippen LogP contribution is -2.20. The second-order valence-electron chi connectivity index (χ2n) is 6.56. The van der Waals surface area contributed by atoms with Gasteiger partial charge in [0.25, 0.3) is 0 Å². The lowest BCUT2D eigenvalue weighted by atomic mass is 10.1. The zero-order chi connectivity index (χ0) is 17.1. The molecule has 0 fully saturated rings. The minimum Gasteiger partial charge on any atom is -0.399 e. The maximum Gasteiger partial charge on any atom is 0.137 e. The largest absolute Gasteiger partial charge is 0.399 e. The molecule has 0 bridgehead atoms. The molecule has 0 spiro atoms. The molecule has 0 amide bonds. The van der Waals surface area contributed by atoms with Gasteiger partial charge in [0.1, 0.15) is 5.65 Å². The van der Waals surface area contributed by atoms with Gasteiger partial charge in [0, 0.05) is 24.0 Å². The fourth-order valence-electron chi connectivity index (χ4n) is 2.99. The summed E-state index contributed by atoms with van der Waals surface area (Å²) in [6.45, 7) is 6.32. The molecule has 0 radical (unpaired) electrons. The number of imidazole rings is 1. The number of nitrogens with zero attached hydrogens (tertiary/aromatic N) is 3. The number of fused-ring (bicyclic) bond motifs is 1. The van der Waals surface area contributed by atoms with Crippen molar-refractivity contribution in [3.8, 4) is 11.3 Å². The third-order valence-corrected chi connectivity index (χ3v) is 4.36. The van der Waals surface area contributed by atoms with Crippen LogP contribution in [-0.2, 0) is 6.54 Å². The van der Waals surface area contributed by atoms with E-state index < -0.39 is 0 Å². The summed E-state index contributed by atoms with van der Waals surface area (Å²) in [6, 6.07) is 12.2. The van der Waals surface area contributed by atoms with Crippen LogP contribution in [0.4, 0.5) is 5.69 Å². The Hall–Kier alpha value is -2.33. The van der Waals surface area contributed by atoms with E-state index in [0.717, 1.165) is 35.7 Å². The van der Waals surface area contributed by atoms with E-state index in [4.69, 9.17) is 10.7 Å². The van der Waals surface area contributed by atoms with E-state index in [1.807, 2.05) is 12.1 Å². The van der Waals surface area contributed by atoms with Crippen LogP contribution in [0, 0.1) is 6.92 Å². The minimum atomic E-state index is 0.778. The Kier molecular flexibility index (Phi) is 4.86. The first-order valence-corrected chi connectivity index (χ1v) is 8.60. The van der Waals surface area contributed by atoms with Crippen LogP contribution in [0.5, 0.6) is 0 Å². The van der Waals surface area contributed by atoms with Gasteiger partial charge >= 0.3 is 0 Å². The summed E-state index contributed by atoms with van der Waals surface area (Å²) >= 11 is 0. The zero-order valence-electron chi connectivity index (χ0n) is 14.8. The van der Waals surface area contributed by atoms with Gasteiger partial charge in [0.15, 0.2) is 0 Å². The predicted molar refractivity (Wildman–Crippen MR) is 101 cm³/mol. The Labute approximate surface area is 143 Å². The van der Waals surface area contributed by atoms with Crippen LogP contribution in [0.15, 0.2) is 42.6 Å². The number of benzene rings is 1. The second kappa shape index (κ2) is 7.05. The number of aromatic nitrogens is 2. The summed E-state index contributed by atoms with van der Waals surface area (Å²) < 4.78 is 2.23. The molecule has 2 aromatic heterocycles. The van der Waals surface area contributed by atoms with Crippen LogP contribution in [0.3, 0.4) is 0 Å². The van der Waals surface area contributed by atoms with Crippen LogP contribution < -0.4 is 5.73 Å². The molecule has 0 atom stereocenters. The number of nitrogen functional groups attached to an aromatic ring is 1. The zero-order valence-corrected chi connectivity index (χ0v) is 14.8. The molecule has 0 aliphatic heterocycles. The van der Waals surface area contributed by atoms with E-state index in [9.17, 15) is 0 Å². The van der Waals surface area contributed by atoms with Crippen LogP contribution in [0.1, 0.15) is 31.0 Å². The van der Waals surface area contributed by atoms with Crippen LogP contribution >= 0.6 is 0 Å². The summed E-state index contributed by atoms with van der Waals surface area (Å²) in [6.07, 6.45) is 4.59. The molecule has 0 unspecified atom stereocenters. The van der Waals surface area contributed by atoms with Crippen LogP contribution in [0.25, 0.3) is 16.9 Å². The first-order valence-electron chi connectivity index (χ1n) is 8.60. The van der Waals surface area contributed by atoms with Crippen molar-refractivity contribution in [1.29, 1.82) is 0 Å². The van der Waals surface area contributed by atoms with Crippen molar-refractivity contribution >= 4 is 11.3 Å². The summed E-state index contributed by atoms with van der Waals surface area (Å²) in [5.74, 6) is 0. The maximum absolute atomic E-state index is 5.84. The Bertz CT molecular complexity index is 818. The van der Waals surface area contributed by atoms with Crippen molar-refractivity contribution in [2.75, 3.05) is 19.3 Å². The third-order valence-electron chi connectivity index (χ3n) is 4.36. The Morgan fingerprint density at radius 1 is 1.12 bits per heavy atom. The van der Waals surface area contributed by atoms with E-state index in [2.05, 4.69) is 60.7 Å². The van der Waals surface area contributed by atoms with Crippen molar-refractivity contribution in [2.24, 2.45) is 0 Å². The molecule has 4 nitrogen and oxygen atoms in total.